The van der Waals surface area contributed by atoms with E-state index in [0.29, 0.717) is 0 Å². The largest absolute Gasteiger partial charge is 0.505 e. The van der Waals surface area contributed by atoms with Crippen LogP contribution in [0.4, 0.5) is 8.78 Å². The third-order valence-corrected chi connectivity index (χ3v) is 1.52. The fraction of sp³-hybridized carbons (Fsp3) is 0.100. The first-order chi connectivity index (χ1) is 7.02. The van der Waals surface area contributed by atoms with Crippen molar-refractivity contribution < 1.29 is 23.8 Å². The van der Waals surface area contributed by atoms with Crippen LogP contribution < -0.4 is 0 Å². The first-order valence-electron chi connectivity index (χ1n) is 3.90. The van der Waals surface area contributed by atoms with Crippen molar-refractivity contribution in [2.75, 3.05) is 0 Å². The van der Waals surface area contributed by atoms with E-state index in [9.17, 15) is 13.6 Å². The lowest BCUT2D eigenvalue weighted by Crippen LogP contribution is -1.92. The molecule has 0 atom stereocenters. The standard InChI is InChI=1S/C10H6F2O3/c11-9-6(2-1-3-8(14)15)4-5-7(13)10(9)12/h4-5,13H,3H2,(H,14,15). The molecule has 0 heterocycles. The molecule has 78 valence electrons. The molecular weight excluding hydrogens is 206 g/mol. The van der Waals surface area contributed by atoms with Crippen LogP contribution in [0.5, 0.6) is 5.75 Å². The number of hydrogen-bond donors (Lipinski definition) is 2. The number of aliphatic carboxylic acids is 1. The number of carboxylic acids is 1. The molecule has 1 rings (SSSR count). The molecule has 1 aromatic carbocycles. The Bertz CT molecular complexity index is 458. The van der Waals surface area contributed by atoms with Crippen LogP contribution in [0.2, 0.25) is 0 Å². The van der Waals surface area contributed by atoms with Crippen molar-refractivity contribution in [3.8, 4) is 17.6 Å². The predicted octanol–water partition coefficient (Wildman–Crippen LogP) is 1.50. The predicted molar refractivity (Wildman–Crippen MR) is 47.2 cm³/mol. The summed E-state index contributed by atoms with van der Waals surface area (Å²) >= 11 is 0. The molecule has 0 saturated carbocycles. The molecule has 0 unspecified atom stereocenters. The summed E-state index contributed by atoms with van der Waals surface area (Å²) in [5.74, 6) is -0.330. The lowest BCUT2D eigenvalue weighted by Gasteiger charge is -1.98. The minimum atomic E-state index is -1.39. The summed E-state index contributed by atoms with van der Waals surface area (Å²) in [5, 5.41) is 17.0. The fourth-order valence-electron chi connectivity index (χ4n) is 0.851. The Balaban J connectivity index is 3.00. The van der Waals surface area contributed by atoms with E-state index < -0.39 is 29.8 Å². The lowest BCUT2D eigenvalue weighted by molar-refractivity contribution is -0.135. The van der Waals surface area contributed by atoms with E-state index in [0.717, 1.165) is 12.1 Å². The quantitative estimate of drug-likeness (QED) is 0.693. The van der Waals surface area contributed by atoms with Crippen LogP contribution in [-0.4, -0.2) is 16.2 Å². The summed E-state index contributed by atoms with van der Waals surface area (Å²) in [6.07, 6.45) is -0.456. The monoisotopic (exact) mass is 212 g/mol. The molecule has 0 spiro atoms. The van der Waals surface area contributed by atoms with Gasteiger partial charge in [0.05, 0.1) is 5.56 Å². The van der Waals surface area contributed by atoms with E-state index in [1.807, 2.05) is 0 Å². The highest BCUT2D eigenvalue weighted by atomic mass is 19.2. The number of carbonyl (C=O) groups is 1. The summed E-state index contributed by atoms with van der Waals surface area (Å²) < 4.78 is 25.8. The molecule has 2 N–H and O–H groups in total. The van der Waals surface area contributed by atoms with Gasteiger partial charge in [0.25, 0.3) is 0 Å². The first kappa shape index (κ1) is 11.0. The highest BCUT2D eigenvalue weighted by molar-refractivity contribution is 5.70. The van der Waals surface area contributed by atoms with Crippen molar-refractivity contribution in [2.24, 2.45) is 0 Å². The number of phenols is 1. The summed E-state index contributed by atoms with van der Waals surface area (Å²) in [6.45, 7) is 0. The third-order valence-electron chi connectivity index (χ3n) is 1.52. The van der Waals surface area contributed by atoms with Gasteiger partial charge in [-0.25, -0.2) is 4.39 Å². The van der Waals surface area contributed by atoms with Gasteiger partial charge < -0.3 is 10.2 Å². The molecule has 3 nitrogen and oxygen atoms in total. The average molecular weight is 212 g/mol. The van der Waals surface area contributed by atoms with Crippen LogP contribution in [-0.2, 0) is 4.79 Å². The highest BCUT2D eigenvalue weighted by Gasteiger charge is 2.10. The van der Waals surface area contributed by atoms with Gasteiger partial charge >= 0.3 is 5.97 Å². The molecule has 0 radical (unpaired) electrons. The van der Waals surface area contributed by atoms with Gasteiger partial charge in [-0.2, -0.15) is 4.39 Å². The highest BCUT2D eigenvalue weighted by Crippen LogP contribution is 2.20. The zero-order valence-electron chi connectivity index (χ0n) is 7.42. The maximum atomic E-state index is 13.0. The van der Waals surface area contributed by atoms with Crippen molar-refractivity contribution in [3.63, 3.8) is 0 Å². The Hall–Kier alpha value is -2.09. The SMILES string of the molecule is O=C(O)CC#Cc1ccc(O)c(F)c1F. The Morgan fingerprint density at radius 3 is 2.60 bits per heavy atom. The second-order valence-electron chi connectivity index (χ2n) is 2.63. The molecule has 0 saturated heterocycles. The van der Waals surface area contributed by atoms with E-state index in [1.165, 1.54) is 0 Å². The zero-order valence-corrected chi connectivity index (χ0v) is 7.42. The molecule has 0 aliphatic rings. The molecule has 0 fully saturated rings. The van der Waals surface area contributed by atoms with Gasteiger partial charge in [-0.1, -0.05) is 11.8 Å². The molecule has 0 bridgehead atoms. The van der Waals surface area contributed by atoms with E-state index in [2.05, 4.69) is 11.8 Å². The molecular formula is C10H6F2O3. The summed E-state index contributed by atoms with van der Waals surface area (Å²) in [7, 11) is 0. The van der Waals surface area contributed by atoms with Crippen molar-refractivity contribution in [3.05, 3.63) is 29.3 Å². The Morgan fingerprint density at radius 2 is 2.00 bits per heavy atom. The van der Waals surface area contributed by atoms with Crippen LogP contribution in [0.15, 0.2) is 12.1 Å². The number of rotatable bonds is 1. The summed E-state index contributed by atoms with van der Waals surface area (Å²) in [6, 6.07) is 2.02. The maximum absolute atomic E-state index is 13.0. The van der Waals surface area contributed by atoms with Crippen LogP contribution in [0.1, 0.15) is 12.0 Å². The number of phenolic OH excluding ortho intramolecular Hbond substituents is 1. The van der Waals surface area contributed by atoms with E-state index in [1.54, 1.807) is 0 Å². The summed E-state index contributed by atoms with van der Waals surface area (Å²) in [4.78, 5) is 10.1. The Morgan fingerprint density at radius 1 is 1.33 bits per heavy atom. The summed E-state index contributed by atoms with van der Waals surface area (Å²) in [5.41, 5.74) is -0.286. The molecule has 0 aromatic heterocycles. The van der Waals surface area contributed by atoms with Gasteiger partial charge in [-0.15, -0.1) is 0 Å². The number of hydrogen-bond acceptors (Lipinski definition) is 2. The van der Waals surface area contributed by atoms with E-state index >= 15 is 0 Å². The molecule has 15 heavy (non-hydrogen) atoms. The van der Waals surface area contributed by atoms with Gasteiger partial charge in [0.1, 0.15) is 6.42 Å². The van der Waals surface area contributed by atoms with Crippen molar-refractivity contribution in [2.45, 2.75) is 6.42 Å². The van der Waals surface area contributed by atoms with Crippen LogP contribution >= 0.6 is 0 Å². The Kier molecular flexibility index (Phi) is 3.24. The molecule has 1 aromatic rings. The number of benzene rings is 1. The normalized spacial score (nSPS) is 9.20. The van der Waals surface area contributed by atoms with Gasteiger partial charge in [-0.05, 0) is 12.1 Å². The molecule has 0 amide bonds. The molecule has 0 aliphatic carbocycles. The average Bonchev–Trinajstić information content (AvgIpc) is 2.18. The topological polar surface area (TPSA) is 57.5 Å². The van der Waals surface area contributed by atoms with Gasteiger partial charge in [0.2, 0.25) is 5.82 Å². The van der Waals surface area contributed by atoms with Crippen LogP contribution in [0.3, 0.4) is 0 Å². The number of halogens is 2. The van der Waals surface area contributed by atoms with Gasteiger partial charge in [0.15, 0.2) is 11.6 Å². The minimum Gasteiger partial charge on any atom is -0.505 e. The van der Waals surface area contributed by atoms with Gasteiger partial charge in [0, 0.05) is 0 Å². The molecule has 5 heteroatoms. The van der Waals surface area contributed by atoms with Crippen LogP contribution in [0.25, 0.3) is 0 Å². The minimum absolute atomic E-state index is 0.286. The first-order valence-corrected chi connectivity index (χ1v) is 3.90. The van der Waals surface area contributed by atoms with Crippen molar-refractivity contribution in [1.82, 2.24) is 0 Å². The number of aromatic hydroxyl groups is 1. The van der Waals surface area contributed by atoms with E-state index in [-0.39, 0.29) is 5.56 Å². The van der Waals surface area contributed by atoms with Crippen molar-refractivity contribution in [1.29, 1.82) is 0 Å². The maximum Gasteiger partial charge on any atom is 0.315 e. The van der Waals surface area contributed by atoms with Crippen LogP contribution in [0, 0.1) is 23.5 Å². The zero-order chi connectivity index (χ0) is 11.4. The Labute approximate surface area is 84.0 Å². The van der Waals surface area contributed by atoms with E-state index in [4.69, 9.17) is 10.2 Å². The second kappa shape index (κ2) is 4.42. The van der Waals surface area contributed by atoms with Crippen molar-refractivity contribution >= 4 is 5.97 Å². The molecule has 0 aliphatic heterocycles. The van der Waals surface area contributed by atoms with Gasteiger partial charge in [-0.3, -0.25) is 4.79 Å². The second-order valence-corrected chi connectivity index (χ2v) is 2.63. The fourth-order valence-corrected chi connectivity index (χ4v) is 0.851. The third kappa shape index (κ3) is 2.68. The number of carboxylic acid groups (broad SMARTS) is 1. The smallest absolute Gasteiger partial charge is 0.315 e. The lowest BCUT2D eigenvalue weighted by atomic mass is 10.2.